The molecule has 0 spiro atoms. The zero-order valence-electron chi connectivity index (χ0n) is 20.9. The number of furan rings is 2. The van der Waals surface area contributed by atoms with Crippen molar-refractivity contribution in [2.75, 3.05) is 5.32 Å². The molecule has 0 aliphatic rings. The Labute approximate surface area is 224 Å². The van der Waals surface area contributed by atoms with Crippen LogP contribution in [0.25, 0.3) is 66.3 Å². The van der Waals surface area contributed by atoms with Crippen molar-refractivity contribution in [3.8, 4) is 22.4 Å². The normalized spacial score (nSPS) is 11.6. The van der Waals surface area contributed by atoms with Crippen LogP contribution in [0.2, 0.25) is 0 Å². The molecule has 3 heterocycles. The van der Waals surface area contributed by atoms with Gasteiger partial charge in [-0.2, -0.15) is 0 Å². The van der Waals surface area contributed by atoms with Crippen molar-refractivity contribution in [3.05, 3.63) is 128 Å². The molecule has 8 rings (SSSR count). The van der Waals surface area contributed by atoms with E-state index in [1.165, 1.54) is 11.1 Å². The van der Waals surface area contributed by atoms with E-state index in [1.54, 1.807) is 0 Å². The van der Waals surface area contributed by atoms with E-state index in [4.69, 9.17) is 8.83 Å². The molecule has 0 radical (unpaired) electrons. The number of rotatable bonds is 4. The van der Waals surface area contributed by atoms with Crippen LogP contribution in [0.4, 0.5) is 11.4 Å². The molecule has 4 heteroatoms. The molecule has 0 saturated heterocycles. The smallest absolute Gasteiger partial charge is 0.136 e. The molecule has 0 aliphatic carbocycles. The third-order valence-corrected chi connectivity index (χ3v) is 7.30. The van der Waals surface area contributed by atoms with Gasteiger partial charge in [0.05, 0.1) is 5.69 Å². The van der Waals surface area contributed by atoms with Gasteiger partial charge >= 0.3 is 0 Å². The predicted molar refractivity (Wildman–Crippen MR) is 159 cm³/mol. The zero-order valence-corrected chi connectivity index (χ0v) is 20.9. The second-order valence-corrected chi connectivity index (χ2v) is 9.72. The van der Waals surface area contributed by atoms with Crippen molar-refractivity contribution in [2.24, 2.45) is 0 Å². The largest absolute Gasteiger partial charge is 0.456 e. The van der Waals surface area contributed by atoms with E-state index in [0.717, 1.165) is 66.5 Å². The van der Waals surface area contributed by atoms with Crippen molar-refractivity contribution < 1.29 is 8.83 Å². The van der Waals surface area contributed by atoms with Gasteiger partial charge in [0.2, 0.25) is 0 Å². The highest BCUT2D eigenvalue weighted by atomic mass is 16.3. The molecular weight excluding hydrogens is 480 g/mol. The van der Waals surface area contributed by atoms with E-state index in [9.17, 15) is 0 Å². The van der Waals surface area contributed by atoms with Crippen LogP contribution >= 0.6 is 0 Å². The van der Waals surface area contributed by atoms with Crippen molar-refractivity contribution >= 4 is 55.3 Å². The Morgan fingerprint density at radius 2 is 1.18 bits per heavy atom. The molecule has 0 atom stereocenters. The molecule has 0 fully saturated rings. The van der Waals surface area contributed by atoms with Crippen molar-refractivity contribution in [1.82, 2.24) is 4.98 Å². The molecule has 0 aliphatic heterocycles. The summed E-state index contributed by atoms with van der Waals surface area (Å²) in [5, 5.41) is 7.95. The first kappa shape index (κ1) is 21.7. The molecule has 0 saturated carbocycles. The van der Waals surface area contributed by atoms with Crippen molar-refractivity contribution in [1.29, 1.82) is 0 Å². The van der Waals surface area contributed by atoms with Gasteiger partial charge < -0.3 is 14.2 Å². The highest BCUT2D eigenvalue weighted by Gasteiger charge is 2.14. The highest BCUT2D eigenvalue weighted by molar-refractivity contribution is 6.13. The third kappa shape index (κ3) is 3.65. The van der Waals surface area contributed by atoms with Gasteiger partial charge in [-0.05, 0) is 83.9 Å². The first-order chi connectivity index (χ1) is 19.3. The SMILES string of the molecule is c1ccc(-c2cccc3oc4ccc(Nc5ccc6oc7ccc(-c8ccccn8)cc7c6c5)cc4c23)cc1. The summed E-state index contributed by atoms with van der Waals surface area (Å²) in [6.45, 7) is 0. The first-order valence-corrected chi connectivity index (χ1v) is 13.0. The number of hydrogen-bond donors (Lipinski definition) is 1. The predicted octanol–water partition coefficient (Wildman–Crippen LogP) is 9.96. The Bertz CT molecular complexity index is 2140. The molecular formula is C35H22N2O2. The summed E-state index contributed by atoms with van der Waals surface area (Å²) >= 11 is 0. The fourth-order valence-electron chi connectivity index (χ4n) is 5.48. The molecule has 1 N–H and O–H groups in total. The third-order valence-electron chi connectivity index (χ3n) is 7.30. The lowest BCUT2D eigenvalue weighted by Gasteiger charge is -2.07. The number of nitrogens with zero attached hydrogens (tertiary/aromatic N) is 1. The highest BCUT2D eigenvalue weighted by Crippen LogP contribution is 2.39. The Balaban J connectivity index is 1.22. The van der Waals surface area contributed by atoms with E-state index >= 15 is 0 Å². The van der Waals surface area contributed by atoms with E-state index in [1.807, 2.05) is 54.7 Å². The van der Waals surface area contributed by atoms with Crippen molar-refractivity contribution in [3.63, 3.8) is 0 Å². The summed E-state index contributed by atoms with van der Waals surface area (Å²) < 4.78 is 12.4. The van der Waals surface area contributed by atoms with Gasteiger partial charge in [-0.25, -0.2) is 0 Å². The van der Waals surface area contributed by atoms with Crippen LogP contribution in [-0.2, 0) is 0 Å². The Morgan fingerprint density at radius 1 is 0.487 bits per heavy atom. The molecule has 0 bridgehead atoms. The average Bonchev–Trinajstić information content (AvgIpc) is 3.55. The minimum atomic E-state index is 0.859. The maximum absolute atomic E-state index is 6.22. The zero-order chi connectivity index (χ0) is 25.8. The van der Waals surface area contributed by atoms with Crippen LogP contribution in [0.3, 0.4) is 0 Å². The van der Waals surface area contributed by atoms with Crippen LogP contribution in [0.15, 0.2) is 136 Å². The molecule has 39 heavy (non-hydrogen) atoms. The first-order valence-electron chi connectivity index (χ1n) is 13.0. The molecule has 8 aromatic rings. The maximum atomic E-state index is 6.22. The van der Waals surface area contributed by atoms with Crippen LogP contribution in [0.1, 0.15) is 0 Å². The van der Waals surface area contributed by atoms with Crippen LogP contribution in [0, 0.1) is 0 Å². The summed E-state index contributed by atoms with van der Waals surface area (Å²) in [5.41, 5.74) is 9.81. The van der Waals surface area contributed by atoms with Gasteiger partial charge in [0.25, 0.3) is 0 Å². The monoisotopic (exact) mass is 502 g/mol. The molecule has 0 unspecified atom stereocenters. The quantitative estimate of drug-likeness (QED) is 0.260. The second-order valence-electron chi connectivity index (χ2n) is 9.72. The standard InChI is InChI=1S/C35H22N2O2/c1-2-7-22(8-3-1)26-9-6-11-34-35(26)29-21-25(14-17-33(29)39-34)37-24-13-16-32-28(20-24)27-19-23(12-15-31(27)38-32)30-10-4-5-18-36-30/h1-21,37H. The summed E-state index contributed by atoms with van der Waals surface area (Å²) in [7, 11) is 0. The number of fused-ring (bicyclic) bond motifs is 6. The Kier molecular flexibility index (Phi) is 4.79. The van der Waals surface area contributed by atoms with E-state index in [-0.39, 0.29) is 0 Å². The minimum absolute atomic E-state index is 0.859. The van der Waals surface area contributed by atoms with E-state index in [0.29, 0.717) is 0 Å². The van der Waals surface area contributed by atoms with Gasteiger partial charge in [0, 0.05) is 44.7 Å². The van der Waals surface area contributed by atoms with Gasteiger partial charge in [-0.1, -0.05) is 48.5 Å². The number of nitrogens with one attached hydrogen (secondary N) is 1. The van der Waals surface area contributed by atoms with Crippen LogP contribution in [0.5, 0.6) is 0 Å². The van der Waals surface area contributed by atoms with Crippen LogP contribution in [-0.4, -0.2) is 4.98 Å². The van der Waals surface area contributed by atoms with Crippen LogP contribution < -0.4 is 5.32 Å². The fourth-order valence-corrected chi connectivity index (χ4v) is 5.48. The van der Waals surface area contributed by atoms with Crippen molar-refractivity contribution in [2.45, 2.75) is 0 Å². The average molecular weight is 503 g/mol. The molecule has 3 aromatic heterocycles. The Hall–Kier alpha value is -5.35. The van der Waals surface area contributed by atoms with E-state index in [2.05, 4.69) is 83.1 Å². The number of anilines is 2. The van der Waals surface area contributed by atoms with Gasteiger partial charge in [0.1, 0.15) is 22.3 Å². The fraction of sp³-hybridized carbons (Fsp3) is 0. The lowest BCUT2D eigenvalue weighted by atomic mass is 9.99. The maximum Gasteiger partial charge on any atom is 0.136 e. The molecule has 4 nitrogen and oxygen atoms in total. The summed E-state index contributed by atoms with van der Waals surface area (Å²) in [6, 6.07) is 41.4. The summed E-state index contributed by atoms with van der Waals surface area (Å²) in [6.07, 6.45) is 1.82. The molecule has 184 valence electrons. The van der Waals surface area contributed by atoms with Gasteiger partial charge in [-0.3, -0.25) is 4.98 Å². The van der Waals surface area contributed by atoms with E-state index < -0.39 is 0 Å². The number of benzene rings is 5. The lowest BCUT2D eigenvalue weighted by Crippen LogP contribution is -1.89. The second kappa shape index (κ2) is 8.61. The number of hydrogen-bond acceptors (Lipinski definition) is 4. The van der Waals surface area contributed by atoms with Gasteiger partial charge in [0.15, 0.2) is 0 Å². The minimum Gasteiger partial charge on any atom is -0.456 e. The summed E-state index contributed by atoms with van der Waals surface area (Å²) in [4.78, 5) is 4.51. The Morgan fingerprint density at radius 3 is 1.97 bits per heavy atom. The molecule has 0 amide bonds. The van der Waals surface area contributed by atoms with Gasteiger partial charge in [-0.15, -0.1) is 0 Å². The summed E-state index contributed by atoms with van der Waals surface area (Å²) in [5.74, 6) is 0. The lowest BCUT2D eigenvalue weighted by molar-refractivity contribution is 0.668. The topological polar surface area (TPSA) is 51.2 Å². The molecule has 5 aromatic carbocycles. The number of aromatic nitrogens is 1. The number of pyridine rings is 1.